The van der Waals surface area contributed by atoms with Crippen LogP contribution in [0.1, 0.15) is 49.9 Å². The molecule has 1 rings (SSSR count). The molecule has 0 amide bonds. The first-order chi connectivity index (χ1) is 7.01. The van der Waals surface area contributed by atoms with E-state index in [0.29, 0.717) is 5.92 Å². The van der Waals surface area contributed by atoms with Crippen molar-refractivity contribution in [2.75, 3.05) is 0 Å². The summed E-state index contributed by atoms with van der Waals surface area (Å²) in [5.41, 5.74) is 6.24. The minimum absolute atomic E-state index is 0.214. The van der Waals surface area contributed by atoms with Gasteiger partial charge in [-0.05, 0) is 25.7 Å². The molecule has 0 aliphatic heterocycles. The van der Waals surface area contributed by atoms with E-state index in [-0.39, 0.29) is 5.54 Å². The third kappa shape index (κ3) is 3.02. The highest BCUT2D eigenvalue weighted by atomic mass is 32.1. The fourth-order valence-corrected chi connectivity index (χ4v) is 2.68. The molecule has 1 heterocycles. The van der Waals surface area contributed by atoms with Crippen molar-refractivity contribution in [2.45, 2.75) is 52.5 Å². The first kappa shape index (κ1) is 12.7. The summed E-state index contributed by atoms with van der Waals surface area (Å²) in [6.07, 6.45) is 5.11. The lowest BCUT2D eigenvalue weighted by Gasteiger charge is -2.28. The quantitative estimate of drug-likeness (QED) is 0.835. The van der Waals surface area contributed by atoms with E-state index in [2.05, 4.69) is 32.7 Å². The number of nitrogens with zero attached hydrogens (tertiary/aromatic N) is 1. The van der Waals surface area contributed by atoms with Crippen LogP contribution in [0, 0.1) is 12.8 Å². The second kappa shape index (κ2) is 5.08. The van der Waals surface area contributed by atoms with Crippen molar-refractivity contribution in [3.8, 4) is 0 Å². The number of hydrogen-bond donors (Lipinski definition) is 1. The van der Waals surface area contributed by atoms with Gasteiger partial charge in [-0.25, -0.2) is 4.98 Å². The highest BCUT2D eigenvalue weighted by molar-refractivity contribution is 7.11. The average Bonchev–Trinajstić information content (AvgIpc) is 2.65. The third-order valence-corrected chi connectivity index (χ3v) is 4.22. The molecule has 86 valence electrons. The topological polar surface area (TPSA) is 38.9 Å². The number of aromatic nitrogens is 1. The van der Waals surface area contributed by atoms with E-state index in [1.54, 1.807) is 11.3 Å². The van der Waals surface area contributed by atoms with E-state index < -0.39 is 0 Å². The van der Waals surface area contributed by atoms with Crippen molar-refractivity contribution >= 4 is 11.3 Å². The predicted octanol–water partition coefficient (Wildman–Crippen LogP) is 3.45. The maximum atomic E-state index is 6.46. The maximum absolute atomic E-state index is 6.46. The van der Waals surface area contributed by atoms with Crippen LogP contribution in [0.4, 0.5) is 0 Å². The average molecular weight is 226 g/mol. The van der Waals surface area contributed by atoms with E-state index in [1.165, 1.54) is 11.3 Å². The molecule has 0 radical (unpaired) electrons. The van der Waals surface area contributed by atoms with Crippen LogP contribution < -0.4 is 5.73 Å². The van der Waals surface area contributed by atoms with E-state index in [4.69, 9.17) is 5.73 Å². The second-order valence-electron chi connectivity index (χ2n) is 4.50. The van der Waals surface area contributed by atoms with Gasteiger partial charge in [-0.3, -0.25) is 0 Å². The Morgan fingerprint density at radius 1 is 1.53 bits per heavy atom. The van der Waals surface area contributed by atoms with Gasteiger partial charge in [-0.1, -0.05) is 27.2 Å². The van der Waals surface area contributed by atoms with Crippen LogP contribution in [-0.4, -0.2) is 4.98 Å². The van der Waals surface area contributed by atoms with Crippen LogP contribution in [-0.2, 0) is 5.54 Å². The second-order valence-corrected chi connectivity index (χ2v) is 5.74. The lowest BCUT2D eigenvalue weighted by molar-refractivity contribution is 0.319. The lowest BCUT2D eigenvalue weighted by atomic mass is 9.86. The molecule has 2 N–H and O–H groups in total. The number of nitrogens with two attached hydrogens (primary N) is 1. The van der Waals surface area contributed by atoms with Gasteiger partial charge in [-0.15, -0.1) is 11.3 Å². The molecule has 1 aromatic rings. The largest absolute Gasteiger partial charge is 0.319 e. The fourth-order valence-electron chi connectivity index (χ4n) is 1.73. The Labute approximate surface area is 96.9 Å². The van der Waals surface area contributed by atoms with Gasteiger partial charge < -0.3 is 5.73 Å². The van der Waals surface area contributed by atoms with Crippen LogP contribution in [0.25, 0.3) is 0 Å². The lowest BCUT2D eigenvalue weighted by Crippen LogP contribution is -2.37. The van der Waals surface area contributed by atoms with Gasteiger partial charge in [0.15, 0.2) is 0 Å². The van der Waals surface area contributed by atoms with Crippen molar-refractivity contribution in [3.63, 3.8) is 0 Å². The van der Waals surface area contributed by atoms with E-state index in [9.17, 15) is 0 Å². The third-order valence-electron chi connectivity index (χ3n) is 3.09. The monoisotopic (exact) mass is 226 g/mol. The first-order valence-electron chi connectivity index (χ1n) is 5.73. The van der Waals surface area contributed by atoms with E-state index in [1.807, 2.05) is 6.20 Å². The summed E-state index contributed by atoms with van der Waals surface area (Å²) in [6.45, 7) is 8.71. The summed E-state index contributed by atoms with van der Waals surface area (Å²) in [4.78, 5) is 5.69. The Kier molecular flexibility index (Phi) is 4.29. The van der Waals surface area contributed by atoms with Crippen LogP contribution in [0.3, 0.4) is 0 Å². The molecule has 0 spiro atoms. The smallest absolute Gasteiger partial charge is 0.113 e. The molecule has 0 aromatic carbocycles. The molecule has 0 saturated carbocycles. The molecule has 1 aromatic heterocycles. The first-order valence-corrected chi connectivity index (χ1v) is 6.55. The molecule has 2 unspecified atom stereocenters. The Balaban J connectivity index is 2.84. The van der Waals surface area contributed by atoms with Crippen molar-refractivity contribution in [1.29, 1.82) is 0 Å². The molecule has 0 aliphatic carbocycles. The van der Waals surface area contributed by atoms with Crippen LogP contribution >= 0.6 is 11.3 Å². The van der Waals surface area contributed by atoms with Gasteiger partial charge in [0.1, 0.15) is 5.01 Å². The molecular weight excluding hydrogens is 204 g/mol. The van der Waals surface area contributed by atoms with E-state index >= 15 is 0 Å². The van der Waals surface area contributed by atoms with Gasteiger partial charge in [0.2, 0.25) is 0 Å². The molecule has 2 atom stereocenters. The molecule has 0 bridgehead atoms. The zero-order valence-corrected chi connectivity index (χ0v) is 11.0. The Hall–Kier alpha value is -0.410. The van der Waals surface area contributed by atoms with Gasteiger partial charge >= 0.3 is 0 Å². The fraction of sp³-hybridized carbons (Fsp3) is 0.750. The molecule has 2 nitrogen and oxygen atoms in total. The number of rotatable bonds is 5. The highest BCUT2D eigenvalue weighted by Gasteiger charge is 2.29. The maximum Gasteiger partial charge on any atom is 0.113 e. The summed E-state index contributed by atoms with van der Waals surface area (Å²) in [5, 5.41) is 1.10. The van der Waals surface area contributed by atoms with Crippen LogP contribution in [0.5, 0.6) is 0 Å². The predicted molar refractivity (Wildman–Crippen MR) is 67.1 cm³/mol. The SMILES string of the molecule is CCC(C)CC(N)(CC)c1ncc(C)s1. The molecule has 0 aliphatic rings. The van der Waals surface area contributed by atoms with Gasteiger partial charge in [0.05, 0.1) is 5.54 Å². The summed E-state index contributed by atoms with van der Waals surface area (Å²) >= 11 is 1.74. The van der Waals surface area contributed by atoms with Crippen molar-refractivity contribution < 1.29 is 0 Å². The number of thiazole rings is 1. The number of hydrogen-bond acceptors (Lipinski definition) is 3. The Morgan fingerprint density at radius 3 is 2.60 bits per heavy atom. The van der Waals surface area contributed by atoms with Gasteiger partial charge in [0, 0.05) is 11.1 Å². The van der Waals surface area contributed by atoms with Crippen molar-refractivity contribution in [1.82, 2.24) is 4.98 Å². The minimum Gasteiger partial charge on any atom is -0.319 e. The normalized spacial score (nSPS) is 17.4. The number of aryl methyl sites for hydroxylation is 1. The summed E-state index contributed by atoms with van der Waals surface area (Å²) in [5.74, 6) is 0.666. The zero-order valence-electron chi connectivity index (χ0n) is 10.2. The van der Waals surface area contributed by atoms with Gasteiger partial charge in [0.25, 0.3) is 0 Å². The van der Waals surface area contributed by atoms with Crippen molar-refractivity contribution in [3.05, 3.63) is 16.1 Å². The molecule has 0 saturated heterocycles. The molecule has 0 fully saturated rings. The van der Waals surface area contributed by atoms with Crippen LogP contribution in [0.2, 0.25) is 0 Å². The minimum atomic E-state index is -0.214. The summed E-state index contributed by atoms with van der Waals surface area (Å²) in [7, 11) is 0. The highest BCUT2D eigenvalue weighted by Crippen LogP contribution is 2.32. The molecule has 3 heteroatoms. The summed E-state index contributed by atoms with van der Waals surface area (Å²) < 4.78 is 0. The summed E-state index contributed by atoms with van der Waals surface area (Å²) in [6, 6.07) is 0. The standard InChI is InChI=1S/C12H22N2S/c1-5-9(3)7-12(13,6-2)11-14-8-10(4)15-11/h8-9H,5-7,13H2,1-4H3. The molecular formula is C12H22N2S. The Morgan fingerprint density at radius 2 is 2.20 bits per heavy atom. The van der Waals surface area contributed by atoms with Crippen LogP contribution in [0.15, 0.2) is 6.20 Å². The zero-order chi connectivity index (χ0) is 11.5. The van der Waals surface area contributed by atoms with Crippen molar-refractivity contribution in [2.24, 2.45) is 11.7 Å². The van der Waals surface area contributed by atoms with E-state index in [0.717, 1.165) is 17.8 Å². The Bertz CT molecular complexity index is 308. The van der Waals surface area contributed by atoms with Gasteiger partial charge in [-0.2, -0.15) is 0 Å². The molecule has 15 heavy (non-hydrogen) atoms.